The molecular weight excluding hydrogens is 322 g/mol. The molecule has 0 aliphatic carbocycles. The van der Waals surface area contributed by atoms with Crippen LogP contribution < -0.4 is 19.9 Å². The second-order valence-corrected chi connectivity index (χ2v) is 5.76. The maximum atomic E-state index is 5.75. The fourth-order valence-corrected chi connectivity index (χ4v) is 2.47. The Morgan fingerprint density at radius 2 is 1.67 bits per heavy atom. The molecule has 24 heavy (non-hydrogen) atoms. The highest BCUT2D eigenvalue weighted by Crippen LogP contribution is 2.25. The van der Waals surface area contributed by atoms with E-state index in [2.05, 4.69) is 19.1 Å². The third-order valence-corrected chi connectivity index (χ3v) is 3.75. The van der Waals surface area contributed by atoms with Crippen molar-refractivity contribution in [2.24, 2.45) is 5.73 Å². The maximum absolute atomic E-state index is 5.75. The highest BCUT2D eigenvalue weighted by Gasteiger charge is 2.08. The largest absolute Gasteiger partial charge is 0.497 e. The zero-order chi connectivity index (χ0) is 17.4. The lowest BCUT2D eigenvalue weighted by Gasteiger charge is -2.13. The first-order valence-corrected chi connectivity index (χ1v) is 8.37. The van der Waals surface area contributed by atoms with E-state index < -0.39 is 0 Å². The minimum Gasteiger partial charge on any atom is -0.497 e. The van der Waals surface area contributed by atoms with E-state index in [-0.39, 0.29) is 0 Å². The Labute approximate surface area is 148 Å². The van der Waals surface area contributed by atoms with Gasteiger partial charge in [0.05, 0.1) is 12.7 Å². The van der Waals surface area contributed by atoms with Crippen molar-refractivity contribution in [1.82, 2.24) is 0 Å². The quantitative estimate of drug-likeness (QED) is 0.554. The standard InChI is InChI=1S/C19H23NO3S/c1-3-4-14-5-7-15(8-6-14)22-11-12-23-18-13-16(21-2)9-10-17(18)19(20)24/h5-10,13H,3-4,11-12H2,1-2H3,(H2,20,24). The monoisotopic (exact) mass is 345 g/mol. The molecule has 128 valence electrons. The second-order valence-electron chi connectivity index (χ2n) is 5.32. The number of aryl methyl sites for hydroxylation is 1. The van der Waals surface area contributed by atoms with Crippen molar-refractivity contribution < 1.29 is 14.2 Å². The fraction of sp³-hybridized carbons (Fsp3) is 0.316. The van der Waals surface area contributed by atoms with Crippen molar-refractivity contribution in [2.45, 2.75) is 19.8 Å². The predicted octanol–water partition coefficient (Wildman–Crippen LogP) is 3.74. The smallest absolute Gasteiger partial charge is 0.133 e. The first-order valence-electron chi connectivity index (χ1n) is 7.96. The van der Waals surface area contributed by atoms with E-state index in [0.29, 0.717) is 35.3 Å². The lowest BCUT2D eigenvalue weighted by molar-refractivity contribution is 0.216. The summed E-state index contributed by atoms with van der Waals surface area (Å²) in [5.41, 5.74) is 7.73. The van der Waals surface area contributed by atoms with E-state index >= 15 is 0 Å². The molecule has 0 amide bonds. The molecule has 0 saturated carbocycles. The molecule has 0 bridgehead atoms. The molecule has 2 aromatic rings. The van der Waals surface area contributed by atoms with E-state index in [1.165, 1.54) is 5.56 Å². The number of ether oxygens (including phenoxy) is 3. The van der Waals surface area contributed by atoms with Crippen LogP contribution in [0.15, 0.2) is 42.5 Å². The Morgan fingerprint density at radius 1 is 1.00 bits per heavy atom. The lowest BCUT2D eigenvalue weighted by Crippen LogP contribution is -2.14. The van der Waals surface area contributed by atoms with Crippen LogP contribution in [0, 0.1) is 0 Å². The molecule has 2 aromatic carbocycles. The molecule has 0 unspecified atom stereocenters. The highest BCUT2D eigenvalue weighted by atomic mass is 32.1. The maximum Gasteiger partial charge on any atom is 0.133 e. The third kappa shape index (κ3) is 5.13. The Hall–Kier alpha value is -2.27. The van der Waals surface area contributed by atoms with Gasteiger partial charge in [-0.1, -0.05) is 37.7 Å². The molecule has 0 aromatic heterocycles. The molecular formula is C19H23NO3S. The van der Waals surface area contributed by atoms with Crippen LogP contribution in [0.2, 0.25) is 0 Å². The van der Waals surface area contributed by atoms with Gasteiger partial charge in [0, 0.05) is 6.07 Å². The molecule has 0 heterocycles. The van der Waals surface area contributed by atoms with Crippen LogP contribution in [0.3, 0.4) is 0 Å². The van der Waals surface area contributed by atoms with Gasteiger partial charge in [-0.25, -0.2) is 0 Å². The molecule has 0 aliphatic rings. The minimum atomic E-state index is 0.292. The number of benzene rings is 2. The summed E-state index contributed by atoms with van der Waals surface area (Å²) in [6.07, 6.45) is 2.22. The molecule has 0 fully saturated rings. The van der Waals surface area contributed by atoms with Crippen molar-refractivity contribution >= 4 is 17.2 Å². The Balaban J connectivity index is 1.88. The second kappa shape index (κ2) is 9.13. The van der Waals surface area contributed by atoms with Crippen LogP contribution in [0.25, 0.3) is 0 Å². The van der Waals surface area contributed by atoms with Crippen LogP contribution in [0.1, 0.15) is 24.5 Å². The summed E-state index contributed by atoms with van der Waals surface area (Å²) in [4.78, 5) is 0.292. The van der Waals surface area contributed by atoms with E-state index in [4.69, 9.17) is 32.2 Å². The summed E-state index contributed by atoms with van der Waals surface area (Å²) >= 11 is 5.04. The first kappa shape index (κ1) is 18.1. The Kier molecular flexibility index (Phi) is 6.88. The van der Waals surface area contributed by atoms with Crippen LogP contribution in [0.5, 0.6) is 17.2 Å². The highest BCUT2D eigenvalue weighted by molar-refractivity contribution is 7.80. The van der Waals surface area contributed by atoms with E-state index in [1.807, 2.05) is 12.1 Å². The van der Waals surface area contributed by atoms with Gasteiger partial charge < -0.3 is 19.9 Å². The SMILES string of the molecule is CCCc1ccc(OCCOc2cc(OC)ccc2C(N)=S)cc1. The van der Waals surface area contributed by atoms with Crippen LogP contribution in [0.4, 0.5) is 0 Å². The third-order valence-electron chi connectivity index (χ3n) is 3.53. The van der Waals surface area contributed by atoms with Crippen molar-refractivity contribution in [3.8, 4) is 17.2 Å². The predicted molar refractivity (Wildman–Crippen MR) is 100 cm³/mol. The van der Waals surface area contributed by atoms with E-state index in [0.717, 1.165) is 18.6 Å². The molecule has 0 aliphatic heterocycles. The van der Waals surface area contributed by atoms with Crippen molar-refractivity contribution in [3.05, 3.63) is 53.6 Å². The number of hydrogen-bond donors (Lipinski definition) is 1. The zero-order valence-corrected chi connectivity index (χ0v) is 14.9. The number of nitrogens with two attached hydrogens (primary N) is 1. The topological polar surface area (TPSA) is 53.7 Å². The summed E-state index contributed by atoms with van der Waals surface area (Å²) in [5.74, 6) is 2.12. The number of methoxy groups -OCH3 is 1. The van der Waals surface area contributed by atoms with Crippen molar-refractivity contribution in [3.63, 3.8) is 0 Å². The average Bonchev–Trinajstić information content (AvgIpc) is 2.60. The number of thiocarbonyl (C=S) groups is 1. The van der Waals surface area contributed by atoms with Crippen LogP contribution in [-0.4, -0.2) is 25.3 Å². The van der Waals surface area contributed by atoms with Crippen molar-refractivity contribution in [2.75, 3.05) is 20.3 Å². The molecule has 0 saturated heterocycles. The normalized spacial score (nSPS) is 10.2. The van der Waals surface area contributed by atoms with Gasteiger partial charge in [0.15, 0.2) is 0 Å². The fourth-order valence-electron chi connectivity index (χ4n) is 2.30. The molecule has 0 radical (unpaired) electrons. The van der Waals surface area contributed by atoms with Gasteiger partial charge in [-0.05, 0) is 36.2 Å². The summed E-state index contributed by atoms with van der Waals surface area (Å²) in [6.45, 7) is 2.99. The van der Waals surface area contributed by atoms with Gasteiger partial charge in [0.1, 0.15) is 35.5 Å². The minimum absolute atomic E-state index is 0.292. The van der Waals surface area contributed by atoms with Gasteiger partial charge in [-0.2, -0.15) is 0 Å². The van der Waals surface area contributed by atoms with Crippen molar-refractivity contribution in [1.29, 1.82) is 0 Å². The lowest BCUT2D eigenvalue weighted by atomic mass is 10.1. The zero-order valence-electron chi connectivity index (χ0n) is 14.1. The van der Waals surface area contributed by atoms with Gasteiger partial charge in [0.25, 0.3) is 0 Å². The van der Waals surface area contributed by atoms with Gasteiger partial charge in [-0.15, -0.1) is 0 Å². The summed E-state index contributed by atoms with van der Waals surface area (Å²) in [6, 6.07) is 13.5. The molecule has 2 rings (SSSR count). The Bertz CT molecular complexity index is 671. The van der Waals surface area contributed by atoms with Crippen LogP contribution >= 0.6 is 12.2 Å². The Morgan fingerprint density at radius 3 is 2.29 bits per heavy atom. The van der Waals surface area contributed by atoms with Gasteiger partial charge >= 0.3 is 0 Å². The molecule has 0 spiro atoms. The summed E-state index contributed by atoms with van der Waals surface area (Å²) in [5, 5.41) is 0. The van der Waals surface area contributed by atoms with Crippen LogP contribution in [-0.2, 0) is 6.42 Å². The number of rotatable bonds is 9. The summed E-state index contributed by atoms with van der Waals surface area (Å²) < 4.78 is 16.7. The van der Waals surface area contributed by atoms with E-state index in [9.17, 15) is 0 Å². The number of hydrogen-bond acceptors (Lipinski definition) is 4. The van der Waals surface area contributed by atoms with Gasteiger partial charge in [-0.3, -0.25) is 0 Å². The molecule has 0 atom stereocenters. The summed E-state index contributed by atoms with van der Waals surface area (Å²) in [7, 11) is 1.60. The first-order chi connectivity index (χ1) is 11.6. The van der Waals surface area contributed by atoms with E-state index in [1.54, 1.807) is 25.3 Å². The molecule has 5 heteroatoms. The molecule has 2 N–H and O–H groups in total. The average molecular weight is 345 g/mol. The van der Waals surface area contributed by atoms with Gasteiger partial charge in [0.2, 0.25) is 0 Å². The molecule has 4 nitrogen and oxygen atoms in total.